The number of pyridine rings is 1. The summed E-state index contributed by atoms with van der Waals surface area (Å²) in [5, 5.41) is 6.52. The predicted molar refractivity (Wildman–Crippen MR) is 123 cm³/mol. The summed E-state index contributed by atoms with van der Waals surface area (Å²) in [5.74, 6) is 3.04. The van der Waals surface area contributed by atoms with Crippen LogP contribution < -0.4 is 20.1 Å². The van der Waals surface area contributed by atoms with Gasteiger partial charge in [0.25, 0.3) is 0 Å². The Labute approximate surface area is 184 Å². The minimum atomic E-state index is 0. The zero-order valence-electron chi connectivity index (χ0n) is 16.5. The molecule has 0 spiro atoms. The molecule has 28 heavy (non-hydrogen) atoms. The standard InChI is InChI=1S/C21H28N4O2.HI/c1-16-3-8-19(9-4-16)26-12-11-23-21(22-2)25-14-18-7-10-20(24-13-18)27-15-17-5-6-17;/h3-4,7-10,13,17H,5-6,11-12,14-15H2,1-2H3,(H2,22,23,25);1H. The van der Waals surface area contributed by atoms with Crippen LogP contribution in [0.1, 0.15) is 24.0 Å². The van der Waals surface area contributed by atoms with Gasteiger partial charge in [-0.3, -0.25) is 4.99 Å². The van der Waals surface area contributed by atoms with Crippen LogP contribution in [0.25, 0.3) is 0 Å². The lowest BCUT2D eigenvalue weighted by Crippen LogP contribution is -2.38. The highest BCUT2D eigenvalue weighted by Crippen LogP contribution is 2.29. The third-order valence-electron chi connectivity index (χ3n) is 4.33. The van der Waals surface area contributed by atoms with Crippen molar-refractivity contribution in [3.05, 3.63) is 53.7 Å². The lowest BCUT2D eigenvalue weighted by molar-refractivity contribution is 0.288. The average molecular weight is 496 g/mol. The van der Waals surface area contributed by atoms with Gasteiger partial charge in [0.1, 0.15) is 12.4 Å². The largest absolute Gasteiger partial charge is 0.492 e. The van der Waals surface area contributed by atoms with Crippen molar-refractivity contribution in [2.24, 2.45) is 10.9 Å². The van der Waals surface area contributed by atoms with E-state index in [1.165, 1.54) is 18.4 Å². The Bertz CT molecular complexity index is 731. The van der Waals surface area contributed by atoms with Gasteiger partial charge in [-0.15, -0.1) is 24.0 Å². The topological polar surface area (TPSA) is 67.8 Å². The smallest absolute Gasteiger partial charge is 0.213 e. The summed E-state index contributed by atoms with van der Waals surface area (Å²) in [5.41, 5.74) is 2.30. The Morgan fingerprint density at radius 2 is 1.89 bits per heavy atom. The Morgan fingerprint density at radius 3 is 2.54 bits per heavy atom. The molecule has 1 aliphatic rings. The molecule has 2 N–H and O–H groups in total. The van der Waals surface area contributed by atoms with Crippen LogP contribution in [-0.4, -0.2) is 37.7 Å². The Kier molecular flexibility index (Phi) is 9.33. The maximum absolute atomic E-state index is 5.71. The molecule has 0 atom stereocenters. The van der Waals surface area contributed by atoms with Crippen LogP contribution in [0.4, 0.5) is 0 Å². The van der Waals surface area contributed by atoms with E-state index in [4.69, 9.17) is 9.47 Å². The SMILES string of the molecule is CN=C(NCCOc1ccc(C)cc1)NCc1ccc(OCC2CC2)nc1.I. The summed E-state index contributed by atoms with van der Waals surface area (Å²) < 4.78 is 11.4. The van der Waals surface area contributed by atoms with Crippen molar-refractivity contribution in [3.63, 3.8) is 0 Å². The van der Waals surface area contributed by atoms with Gasteiger partial charge in [0, 0.05) is 25.9 Å². The molecule has 0 unspecified atom stereocenters. The van der Waals surface area contributed by atoms with E-state index in [1.807, 2.05) is 42.6 Å². The lowest BCUT2D eigenvalue weighted by atomic mass is 10.2. The molecule has 1 saturated carbocycles. The van der Waals surface area contributed by atoms with Crippen molar-refractivity contribution < 1.29 is 9.47 Å². The summed E-state index contributed by atoms with van der Waals surface area (Å²) in [6, 6.07) is 12.0. The first-order chi connectivity index (χ1) is 13.2. The summed E-state index contributed by atoms with van der Waals surface area (Å²) in [7, 11) is 1.75. The van der Waals surface area contributed by atoms with E-state index in [-0.39, 0.29) is 24.0 Å². The highest BCUT2D eigenvalue weighted by Gasteiger charge is 2.21. The van der Waals surface area contributed by atoms with Crippen LogP contribution in [0, 0.1) is 12.8 Å². The van der Waals surface area contributed by atoms with Crippen molar-refractivity contribution in [3.8, 4) is 11.6 Å². The monoisotopic (exact) mass is 496 g/mol. The number of rotatable bonds is 9. The molecule has 6 nitrogen and oxygen atoms in total. The van der Waals surface area contributed by atoms with E-state index in [0.29, 0.717) is 25.6 Å². The average Bonchev–Trinajstić information content (AvgIpc) is 3.52. The lowest BCUT2D eigenvalue weighted by Gasteiger charge is -2.13. The fourth-order valence-electron chi connectivity index (χ4n) is 2.47. The number of nitrogens with one attached hydrogen (secondary N) is 2. The molecule has 0 bridgehead atoms. The van der Waals surface area contributed by atoms with Crippen LogP contribution in [0.15, 0.2) is 47.6 Å². The van der Waals surface area contributed by atoms with Gasteiger partial charge < -0.3 is 20.1 Å². The van der Waals surface area contributed by atoms with E-state index >= 15 is 0 Å². The second kappa shape index (κ2) is 11.7. The number of halogens is 1. The number of aromatic nitrogens is 1. The van der Waals surface area contributed by atoms with Crippen LogP contribution in [-0.2, 0) is 6.54 Å². The van der Waals surface area contributed by atoms with Crippen LogP contribution in [0.2, 0.25) is 0 Å². The highest BCUT2D eigenvalue weighted by atomic mass is 127. The second-order valence-electron chi connectivity index (χ2n) is 6.77. The van der Waals surface area contributed by atoms with Crippen molar-refractivity contribution >= 4 is 29.9 Å². The minimum absolute atomic E-state index is 0. The van der Waals surface area contributed by atoms with Gasteiger partial charge >= 0.3 is 0 Å². The molecule has 1 aromatic heterocycles. The maximum Gasteiger partial charge on any atom is 0.213 e. The second-order valence-corrected chi connectivity index (χ2v) is 6.77. The fraction of sp³-hybridized carbons (Fsp3) is 0.429. The third kappa shape index (κ3) is 7.92. The molecular formula is C21H29IN4O2. The third-order valence-corrected chi connectivity index (χ3v) is 4.33. The van der Waals surface area contributed by atoms with Crippen molar-refractivity contribution in [2.45, 2.75) is 26.3 Å². The van der Waals surface area contributed by atoms with Gasteiger partial charge in [0.2, 0.25) is 5.88 Å². The van der Waals surface area contributed by atoms with E-state index in [1.54, 1.807) is 7.05 Å². The minimum Gasteiger partial charge on any atom is -0.492 e. The maximum atomic E-state index is 5.71. The first-order valence-electron chi connectivity index (χ1n) is 9.44. The number of hydrogen-bond donors (Lipinski definition) is 2. The first kappa shape index (κ1) is 22.3. The molecule has 7 heteroatoms. The Morgan fingerprint density at radius 1 is 1.11 bits per heavy atom. The van der Waals surface area contributed by atoms with E-state index in [0.717, 1.165) is 29.8 Å². The molecule has 2 aromatic rings. The van der Waals surface area contributed by atoms with E-state index < -0.39 is 0 Å². The number of benzene rings is 1. The van der Waals surface area contributed by atoms with Gasteiger partial charge in [0.05, 0.1) is 13.2 Å². The van der Waals surface area contributed by atoms with Gasteiger partial charge in [-0.1, -0.05) is 23.8 Å². The summed E-state index contributed by atoms with van der Waals surface area (Å²) in [6.45, 7) is 4.73. The molecule has 1 fully saturated rings. The predicted octanol–water partition coefficient (Wildman–Crippen LogP) is 3.54. The van der Waals surface area contributed by atoms with Crippen molar-refractivity contribution in [1.29, 1.82) is 0 Å². The van der Waals surface area contributed by atoms with Gasteiger partial charge in [0.15, 0.2) is 5.96 Å². The number of nitrogens with zero attached hydrogens (tertiary/aromatic N) is 2. The van der Waals surface area contributed by atoms with Crippen molar-refractivity contribution in [2.75, 3.05) is 26.8 Å². The number of guanidine groups is 1. The molecule has 0 saturated heterocycles. The van der Waals surface area contributed by atoms with Crippen LogP contribution in [0.5, 0.6) is 11.6 Å². The molecule has 1 aromatic carbocycles. The Balaban J connectivity index is 0.00000280. The van der Waals surface area contributed by atoms with Gasteiger partial charge in [-0.2, -0.15) is 0 Å². The molecule has 1 aliphatic carbocycles. The van der Waals surface area contributed by atoms with E-state index in [9.17, 15) is 0 Å². The molecule has 0 radical (unpaired) electrons. The number of aryl methyl sites for hydroxylation is 1. The highest BCUT2D eigenvalue weighted by molar-refractivity contribution is 14.0. The molecule has 152 valence electrons. The Hall–Kier alpha value is -2.03. The van der Waals surface area contributed by atoms with Gasteiger partial charge in [-0.05, 0) is 43.4 Å². The normalized spacial score (nSPS) is 13.4. The summed E-state index contributed by atoms with van der Waals surface area (Å²) in [4.78, 5) is 8.58. The number of aliphatic imine (C=N–C) groups is 1. The summed E-state index contributed by atoms with van der Waals surface area (Å²) in [6.07, 6.45) is 4.40. The molecular weight excluding hydrogens is 467 g/mol. The fourth-order valence-corrected chi connectivity index (χ4v) is 2.47. The zero-order chi connectivity index (χ0) is 18.9. The summed E-state index contributed by atoms with van der Waals surface area (Å²) >= 11 is 0. The zero-order valence-corrected chi connectivity index (χ0v) is 18.8. The van der Waals surface area contributed by atoms with Crippen LogP contribution in [0.3, 0.4) is 0 Å². The molecule has 0 aliphatic heterocycles. The van der Waals surface area contributed by atoms with Crippen LogP contribution >= 0.6 is 24.0 Å². The molecule has 3 rings (SSSR count). The first-order valence-corrected chi connectivity index (χ1v) is 9.44. The molecule has 0 amide bonds. The quantitative estimate of drug-likeness (QED) is 0.241. The van der Waals surface area contributed by atoms with Gasteiger partial charge in [-0.25, -0.2) is 4.98 Å². The number of ether oxygens (including phenoxy) is 2. The molecule has 1 heterocycles. The number of hydrogen-bond acceptors (Lipinski definition) is 4. The van der Waals surface area contributed by atoms with Crippen molar-refractivity contribution in [1.82, 2.24) is 15.6 Å². The van der Waals surface area contributed by atoms with E-state index in [2.05, 4.69) is 27.5 Å².